The topological polar surface area (TPSA) is 26.0 Å². The normalized spacial score (nSPS) is 52.2. The van der Waals surface area contributed by atoms with Crippen molar-refractivity contribution in [2.24, 2.45) is 35.3 Å². The zero-order chi connectivity index (χ0) is 9.59. The van der Waals surface area contributed by atoms with Crippen LogP contribution in [0.3, 0.4) is 0 Å². The summed E-state index contributed by atoms with van der Waals surface area (Å²) >= 11 is 0. The number of rotatable bonds is 1. The zero-order valence-corrected chi connectivity index (χ0v) is 9.16. The Kier molecular flexibility index (Phi) is 2.39. The molecule has 13 heavy (non-hydrogen) atoms. The van der Waals surface area contributed by atoms with Crippen molar-refractivity contribution in [3.05, 3.63) is 0 Å². The molecule has 2 bridgehead atoms. The number of hydrogen-bond acceptors (Lipinski definition) is 1. The molecule has 1 heteroatoms. The first-order chi connectivity index (χ1) is 6.13. The molecule has 2 N–H and O–H groups in total. The van der Waals surface area contributed by atoms with Crippen molar-refractivity contribution >= 4 is 0 Å². The Morgan fingerprint density at radius 3 is 1.85 bits per heavy atom. The summed E-state index contributed by atoms with van der Waals surface area (Å²) in [7, 11) is 0. The Morgan fingerprint density at radius 2 is 1.54 bits per heavy atom. The largest absolute Gasteiger partial charge is 0.328 e. The van der Waals surface area contributed by atoms with E-state index >= 15 is 0 Å². The SMILES string of the molecule is CC(N)C1C2CCCC1[C@H](C)[C@@H]2C. The summed E-state index contributed by atoms with van der Waals surface area (Å²) in [5.74, 6) is 4.55. The zero-order valence-electron chi connectivity index (χ0n) is 9.16. The maximum atomic E-state index is 6.11. The second-order valence-electron chi connectivity index (χ2n) is 5.41. The molecule has 0 aromatic heterocycles. The van der Waals surface area contributed by atoms with E-state index < -0.39 is 0 Å². The summed E-state index contributed by atoms with van der Waals surface area (Å²) in [6, 6.07) is 0.419. The van der Waals surface area contributed by atoms with Crippen LogP contribution in [0.1, 0.15) is 40.0 Å². The Bertz CT molecular complexity index is 172. The van der Waals surface area contributed by atoms with Crippen molar-refractivity contribution in [3.63, 3.8) is 0 Å². The molecule has 0 aliphatic heterocycles. The van der Waals surface area contributed by atoms with Crippen LogP contribution in [-0.2, 0) is 0 Å². The van der Waals surface area contributed by atoms with Crippen LogP contribution in [0, 0.1) is 29.6 Å². The van der Waals surface area contributed by atoms with Crippen molar-refractivity contribution in [2.45, 2.75) is 46.1 Å². The Balaban J connectivity index is 2.21. The number of fused-ring (bicyclic) bond motifs is 2. The molecule has 1 nitrogen and oxygen atoms in total. The average Bonchev–Trinajstić information content (AvgIpc) is 2.26. The molecule has 2 saturated carbocycles. The van der Waals surface area contributed by atoms with Gasteiger partial charge in [-0.1, -0.05) is 20.3 Å². The molecule has 0 aromatic rings. The van der Waals surface area contributed by atoms with Gasteiger partial charge in [-0.15, -0.1) is 0 Å². The molecule has 0 heterocycles. The fraction of sp³-hybridized carbons (Fsp3) is 1.00. The highest BCUT2D eigenvalue weighted by Gasteiger charge is 2.48. The maximum Gasteiger partial charge on any atom is 0.00442 e. The molecule has 0 radical (unpaired) electrons. The van der Waals surface area contributed by atoms with Gasteiger partial charge in [0.25, 0.3) is 0 Å². The van der Waals surface area contributed by atoms with Crippen molar-refractivity contribution in [3.8, 4) is 0 Å². The Labute approximate surface area is 82.1 Å². The lowest BCUT2D eigenvalue weighted by atomic mass is 9.74. The molecule has 2 rings (SSSR count). The van der Waals surface area contributed by atoms with Gasteiger partial charge in [0.05, 0.1) is 0 Å². The van der Waals surface area contributed by atoms with Gasteiger partial charge < -0.3 is 5.73 Å². The maximum absolute atomic E-state index is 6.11. The van der Waals surface area contributed by atoms with E-state index in [-0.39, 0.29) is 0 Å². The van der Waals surface area contributed by atoms with Crippen LogP contribution in [0.5, 0.6) is 0 Å². The summed E-state index contributed by atoms with van der Waals surface area (Å²) in [5, 5.41) is 0. The lowest BCUT2D eigenvalue weighted by Gasteiger charge is -2.34. The first kappa shape index (κ1) is 9.51. The highest BCUT2D eigenvalue weighted by molar-refractivity contribution is 4.99. The van der Waals surface area contributed by atoms with Crippen molar-refractivity contribution in [1.29, 1.82) is 0 Å². The third-order valence-corrected chi connectivity index (χ3v) is 4.85. The van der Waals surface area contributed by atoms with Crippen LogP contribution in [-0.4, -0.2) is 6.04 Å². The highest BCUT2D eigenvalue weighted by atomic mass is 14.7. The minimum absolute atomic E-state index is 0.419. The lowest BCUT2D eigenvalue weighted by Crippen LogP contribution is -2.36. The summed E-state index contributed by atoms with van der Waals surface area (Å²) in [4.78, 5) is 0. The molecule has 0 spiro atoms. The molecule has 4 unspecified atom stereocenters. The van der Waals surface area contributed by atoms with Gasteiger partial charge >= 0.3 is 0 Å². The standard InChI is InChI=1S/C12H23N/c1-7-8(2)11-6-4-5-10(7)12(11)9(3)13/h7-12H,4-6,13H2,1-3H3/t7-,8+,9?,10?,11?,12?. The van der Waals surface area contributed by atoms with Crippen LogP contribution < -0.4 is 5.73 Å². The second-order valence-corrected chi connectivity index (χ2v) is 5.41. The van der Waals surface area contributed by atoms with Crippen LogP contribution in [0.25, 0.3) is 0 Å². The van der Waals surface area contributed by atoms with Crippen LogP contribution in [0.2, 0.25) is 0 Å². The average molecular weight is 181 g/mol. The van der Waals surface area contributed by atoms with Crippen molar-refractivity contribution in [1.82, 2.24) is 0 Å². The summed E-state index contributed by atoms with van der Waals surface area (Å²) in [5.41, 5.74) is 6.11. The Hall–Kier alpha value is -0.0400. The molecule has 0 amide bonds. The predicted octanol–water partition coefficient (Wildman–Crippen LogP) is 2.65. The van der Waals surface area contributed by atoms with E-state index in [1.807, 2.05) is 0 Å². The van der Waals surface area contributed by atoms with E-state index in [0.717, 1.165) is 29.6 Å². The van der Waals surface area contributed by atoms with Crippen molar-refractivity contribution < 1.29 is 0 Å². The van der Waals surface area contributed by atoms with E-state index in [4.69, 9.17) is 5.73 Å². The van der Waals surface area contributed by atoms with E-state index in [1.165, 1.54) is 19.3 Å². The Morgan fingerprint density at radius 1 is 1.08 bits per heavy atom. The van der Waals surface area contributed by atoms with Gasteiger partial charge in [-0.3, -0.25) is 0 Å². The molecule has 76 valence electrons. The predicted molar refractivity (Wildman–Crippen MR) is 56.3 cm³/mol. The van der Waals surface area contributed by atoms with E-state index in [2.05, 4.69) is 20.8 Å². The molecular formula is C12H23N. The van der Waals surface area contributed by atoms with Crippen molar-refractivity contribution in [2.75, 3.05) is 0 Å². The quantitative estimate of drug-likeness (QED) is 0.661. The molecule has 2 aliphatic rings. The number of nitrogens with two attached hydrogens (primary N) is 1. The van der Waals surface area contributed by atoms with Gasteiger partial charge in [-0.2, -0.15) is 0 Å². The summed E-state index contributed by atoms with van der Waals surface area (Å²) < 4.78 is 0. The van der Waals surface area contributed by atoms with E-state index in [1.54, 1.807) is 0 Å². The van der Waals surface area contributed by atoms with Gasteiger partial charge in [-0.05, 0) is 49.4 Å². The van der Waals surface area contributed by atoms with Gasteiger partial charge in [0.1, 0.15) is 0 Å². The second kappa shape index (κ2) is 3.27. The van der Waals surface area contributed by atoms with Gasteiger partial charge in [0.15, 0.2) is 0 Å². The van der Waals surface area contributed by atoms with Crippen LogP contribution >= 0.6 is 0 Å². The molecule has 0 aromatic carbocycles. The molecule has 2 aliphatic carbocycles. The van der Waals surface area contributed by atoms with Gasteiger partial charge in [-0.25, -0.2) is 0 Å². The minimum Gasteiger partial charge on any atom is -0.328 e. The summed E-state index contributed by atoms with van der Waals surface area (Å²) in [6.07, 6.45) is 4.33. The van der Waals surface area contributed by atoms with Gasteiger partial charge in [0, 0.05) is 6.04 Å². The third-order valence-electron chi connectivity index (χ3n) is 4.85. The monoisotopic (exact) mass is 181 g/mol. The molecule has 2 fully saturated rings. The minimum atomic E-state index is 0.419. The third kappa shape index (κ3) is 1.32. The molecule has 0 saturated heterocycles. The molecule has 6 atom stereocenters. The number of hydrogen-bond donors (Lipinski definition) is 1. The van der Waals surface area contributed by atoms with Gasteiger partial charge in [0.2, 0.25) is 0 Å². The van der Waals surface area contributed by atoms with E-state index in [9.17, 15) is 0 Å². The van der Waals surface area contributed by atoms with Crippen LogP contribution in [0.15, 0.2) is 0 Å². The summed E-state index contributed by atoms with van der Waals surface area (Å²) in [6.45, 7) is 7.09. The first-order valence-electron chi connectivity index (χ1n) is 5.88. The van der Waals surface area contributed by atoms with E-state index in [0.29, 0.717) is 6.04 Å². The first-order valence-corrected chi connectivity index (χ1v) is 5.88. The molecular weight excluding hydrogens is 158 g/mol. The highest BCUT2D eigenvalue weighted by Crippen LogP contribution is 2.54. The van der Waals surface area contributed by atoms with Crippen LogP contribution in [0.4, 0.5) is 0 Å². The fourth-order valence-corrected chi connectivity index (χ4v) is 4.08. The smallest absolute Gasteiger partial charge is 0.00442 e. The fourth-order valence-electron chi connectivity index (χ4n) is 4.08. The lowest BCUT2D eigenvalue weighted by molar-refractivity contribution is 0.181.